The number of esters is 1. The summed E-state index contributed by atoms with van der Waals surface area (Å²) in [5, 5.41) is 15.3. The number of hydrogen-bond acceptors (Lipinski definition) is 8. The number of fused-ring (bicyclic) bond motifs is 3. The van der Waals surface area contributed by atoms with E-state index in [0.29, 0.717) is 17.1 Å². The van der Waals surface area contributed by atoms with Gasteiger partial charge in [-0.2, -0.15) is 0 Å². The molecule has 5 aromatic rings. The maximum absolute atomic E-state index is 13.5. The number of ether oxygens (including phenoxy) is 4. The van der Waals surface area contributed by atoms with Gasteiger partial charge in [0.15, 0.2) is 0 Å². The van der Waals surface area contributed by atoms with Crippen molar-refractivity contribution in [1.29, 1.82) is 0 Å². The number of rotatable bonds is 14. The molecule has 5 aromatic carbocycles. The Labute approximate surface area is 302 Å². The first-order valence-electron chi connectivity index (χ1n) is 17.0. The van der Waals surface area contributed by atoms with E-state index >= 15 is 0 Å². The molecule has 0 saturated carbocycles. The van der Waals surface area contributed by atoms with E-state index in [2.05, 4.69) is 10.6 Å². The smallest absolute Gasteiger partial charge is 0.407 e. The van der Waals surface area contributed by atoms with Gasteiger partial charge in [0.2, 0.25) is 5.91 Å². The molecule has 52 heavy (non-hydrogen) atoms. The Balaban J connectivity index is 1.14. The van der Waals surface area contributed by atoms with E-state index in [4.69, 9.17) is 18.9 Å². The van der Waals surface area contributed by atoms with Crippen LogP contribution in [-0.4, -0.2) is 49.9 Å². The van der Waals surface area contributed by atoms with Crippen molar-refractivity contribution in [3.63, 3.8) is 0 Å². The number of carbonyl (C=O) groups excluding carboxylic acids is 3. The second-order valence-corrected chi connectivity index (χ2v) is 12.4. The second-order valence-electron chi connectivity index (χ2n) is 12.4. The van der Waals surface area contributed by atoms with Gasteiger partial charge in [0.1, 0.15) is 36.5 Å². The fourth-order valence-electron chi connectivity index (χ4n) is 6.34. The molecule has 0 aromatic heterocycles. The van der Waals surface area contributed by atoms with E-state index in [-0.39, 0.29) is 43.6 Å². The van der Waals surface area contributed by atoms with Crippen molar-refractivity contribution in [3.05, 3.63) is 149 Å². The topological polar surface area (TPSA) is 132 Å². The first kappa shape index (κ1) is 35.5. The SMILES string of the molecule is COc1ccc(C(NC(=O)CC[C@H](NC(=O)OCC2c3ccccc3-c3ccccc32)C(=O)OCc2ccc(O)cc2)c2ccc(OC)cc2)cc1. The molecule has 0 spiro atoms. The number of nitrogens with one attached hydrogen (secondary N) is 2. The van der Waals surface area contributed by atoms with Gasteiger partial charge >= 0.3 is 12.1 Å². The zero-order valence-corrected chi connectivity index (χ0v) is 28.9. The molecule has 0 unspecified atom stereocenters. The van der Waals surface area contributed by atoms with Crippen LogP contribution in [0.4, 0.5) is 4.79 Å². The van der Waals surface area contributed by atoms with Crippen LogP contribution in [0.25, 0.3) is 11.1 Å². The van der Waals surface area contributed by atoms with Crippen molar-refractivity contribution in [2.24, 2.45) is 0 Å². The summed E-state index contributed by atoms with van der Waals surface area (Å²) in [6.07, 6.45) is -0.961. The molecule has 3 N–H and O–H groups in total. The summed E-state index contributed by atoms with van der Waals surface area (Å²) in [6.45, 7) is -0.0355. The van der Waals surface area contributed by atoms with Gasteiger partial charge in [-0.05, 0) is 81.8 Å². The summed E-state index contributed by atoms with van der Waals surface area (Å²) < 4.78 is 21.9. The lowest BCUT2D eigenvalue weighted by atomic mass is 9.98. The monoisotopic (exact) mass is 700 g/mol. The van der Waals surface area contributed by atoms with Crippen molar-refractivity contribution in [3.8, 4) is 28.4 Å². The largest absolute Gasteiger partial charge is 0.508 e. The molecule has 1 atom stereocenters. The fraction of sp³-hybridized carbons (Fsp3) is 0.214. The summed E-state index contributed by atoms with van der Waals surface area (Å²) in [7, 11) is 3.17. The highest BCUT2D eigenvalue weighted by atomic mass is 16.6. The third-order valence-corrected chi connectivity index (χ3v) is 9.10. The molecule has 0 aliphatic heterocycles. The Morgan fingerprint density at radius 3 is 1.75 bits per heavy atom. The summed E-state index contributed by atoms with van der Waals surface area (Å²) >= 11 is 0. The quantitative estimate of drug-likeness (QED) is 0.105. The molecule has 0 bridgehead atoms. The third kappa shape index (κ3) is 8.53. The molecule has 1 aliphatic rings. The van der Waals surface area contributed by atoms with Gasteiger partial charge in [-0.25, -0.2) is 9.59 Å². The number of amides is 2. The van der Waals surface area contributed by atoms with Crippen LogP contribution in [-0.2, 0) is 25.7 Å². The van der Waals surface area contributed by atoms with Gasteiger partial charge in [-0.1, -0.05) is 84.9 Å². The Morgan fingerprint density at radius 2 is 1.21 bits per heavy atom. The minimum atomic E-state index is -1.18. The Bertz CT molecular complexity index is 1900. The average Bonchev–Trinajstić information content (AvgIpc) is 3.51. The van der Waals surface area contributed by atoms with E-state index in [1.165, 1.54) is 12.1 Å². The first-order valence-corrected chi connectivity index (χ1v) is 17.0. The van der Waals surface area contributed by atoms with E-state index < -0.39 is 24.1 Å². The zero-order valence-electron chi connectivity index (χ0n) is 28.9. The van der Waals surface area contributed by atoms with Gasteiger partial charge in [0, 0.05) is 12.3 Å². The lowest BCUT2D eigenvalue weighted by Crippen LogP contribution is -2.43. The van der Waals surface area contributed by atoms with Crippen LogP contribution >= 0.6 is 0 Å². The molecule has 0 radical (unpaired) electrons. The van der Waals surface area contributed by atoms with Crippen LogP contribution in [0, 0.1) is 0 Å². The Hall–Kier alpha value is -6.29. The highest BCUT2D eigenvalue weighted by molar-refractivity contribution is 5.83. The van der Waals surface area contributed by atoms with Crippen LogP contribution < -0.4 is 20.1 Å². The van der Waals surface area contributed by atoms with Gasteiger partial charge in [-0.15, -0.1) is 0 Å². The molecule has 0 heterocycles. The highest BCUT2D eigenvalue weighted by Crippen LogP contribution is 2.44. The zero-order chi connectivity index (χ0) is 36.5. The number of phenols is 1. The van der Waals surface area contributed by atoms with Crippen molar-refractivity contribution in [2.75, 3.05) is 20.8 Å². The Kier molecular flexibility index (Phi) is 11.4. The second kappa shape index (κ2) is 16.6. The van der Waals surface area contributed by atoms with Crippen molar-refractivity contribution in [1.82, 2.24) is 10.6 Å². The average molecular weight is 701 g/mol. The first-order chi connectivity index (χ1) is 25.3. The van der Waals surface area contributed by atoms with Gasteiger partial charge in [0.25, 0.3) is 0 Å². The lowest BCUT2D eigenvalue weighted by Gasteiger charge is -2.22. The van der Waals surface area contributed by atoms with E-state index in [0.717, 1.165) is 33.4 Å². The summed E-state index contributed by atoms with van der Waals surface area (Å²) in [4.78, 5) is 40.2. The number of benzene rings is 5. The molecule has 0 fully saturated rings. The molecule has 6 rings (SSSR count). The van der Waals surface area contributed by atoms with Crippen molar-refractivity contribution in [2.45, 2.75) is 37.5 Å². The fourth-order valence-corrected chi connectivity index (χ4v) is 6.34. The number of aromatic hydroxyl groups is 1. The van der Waals surface area contributed by atoms with Crippen LogP contribution in [0.15, 0.2) is 121 Å². The van der Waals surface area contributed by atoms with E-state index in [1.54, 1.807) is 26.4 Å². The van der Waals surface area contributed by atoms with E-state index in [1.807, 2.05) is 97.1 Å². The van der Waals surface area contributed by atoms with E-state index in [9.17, 15) is 19.5 Å². The number of phenolic OH excluding ortho intramolecular Hbond substituents is 1. The minimum Gasteiger partial charge on any atom is -0.508 e. The summed E-state index contributed by atoms with van der Waals surface area (Å²) in [6, 6.07) is 35.3. The number of carbonyl (C=O) groups is 3. The van der Waals surface area contributed by atoms with Crippen molar-refractivity contribution < 1.29 is 38.4 Å². The normalized spacial score (nSPS) is 12.3. The highest BCUT2D eigenvalue weighted by Gasteiger charge is 2.30. The molecule has 266 valence electrons. The van der Waals surface area contributed by atoms with Crippen LogP contribution in [0.5, 0.6) is 17.2 Å². The standard InChI is InChI=1S/C42H40N2O8/c1-49-31-19-13-28(14-20-31)40(29-15-21-32(50-2)22-16-29)44-39(46)24-23-38(41(47)51-25-27-11-17-30(45)18-12-27)43-42(48)52-26-37-35-9-5-3-7-33(35)34-8-4-6-10-36(34)37/h3-22,37-38,40,45H,23-26H2,1-2H3,(H,43,48)(H,44,46)/t38-/m0/s1. The number of alkyl carbamates (subject to hydrolysis) is 1. The predicted molar refractivity (Wildman–Crippen MR) is 195 cm³/mol. The van der Waals surface area contributed by atoms with Crippen LogP contribution in [0.2, 0.25) is 0 Å². The predicted octanol–water partition coefficient (Wildman–Crippen LogP) is 7.05. The summed E-state index contributed by atoms with van der Waals surface area (Å²) in [5.74, 6) is 0.196. The molecule has 1 aliphatic carbocycles. The van der Waals surface area contributed by atoms with Gasteiger partial charge < -0.3 is 34.7 Å². The van der Waals surface area contributed by atoms with Gasteiger partial charge in [0.05, 0.1) is 20.3 Å². The minimum absolute atomic E-state index is 0.0532. The lowest BCUT2D eigenvalue weighted by molar-refractivity contribution is -0.147. The number of hydrogen-bond donors (Lipinski definition) is 3. The molecular weight excluding hydrogens is 660 g/mol. The summed E-state index contributed by atoms with van der Waals surface area (Å²) in [5.41, 5.74) is 6.59. The molecule has 0 saturated heterocycles. The van der Waals surface area contributed by atoms with Gasteiger partial charge in [-0.3, -0.25) is 4.79 Å². The van der Waals surface area contributed by atoms with Crippen LogP contribution in [0.3, 0.4) is 0 Å². The Morgan fingerprint density at radius 1 is 0.673 bits per heavy atom. The maximum atomic E-state index is 13.5. The van der Waals surface area contributed by atoms with Crippen LogP contribution in [0.1, 0.15) is 52.6 Å². The maximum Gasteiger partial charge on any atom is 0.407 e. The molecule has 10 nitrogen and oxygen atoms in total. The molecule has 2 amide bonds. The molecular formula is C42H40N2O8. The third-order valence-electron chi connectivity index (χ3n) is 9.10. The molecule has 10 heteroatoms. The number of methoxy groups -OCH3 is 2. The van der Waals surface area contributed by atoms with Crippen molar-refractivity contribution >= 4 is 18.0 Å².